The molecule has 9 atom stereocenters. The first-order valence-electron chi connectivity index (χ1n) is 17.8. The summed E-state index contributed by atoms with van der Waals surface area (Å²) in [5.74, 6) is 2.40. The standard InChI is InChI=1S/C40H58ClNO2/c1-25(2)29-14-20-40(21-17-34(44)42-26(3)27-10-9-11-28(41)24-27)23-22-38(7)30(35(29)40)12-13-32-37(6)18-16-33(43)36(4,5)31(37)15-19-39(32,38)8/h9-11,17,21,24-26,30-33,43H,12-16,18-20,22-23H2,1-8H3,(H,42,44)/b21-17+/t26-,30+,31?,32+,33-,37-,38+,39+,40-/m0/s1. The van der Waals surface area contributed by atoms with Gasteiger partial charge in [-0.25, -0.2) is 0 Å². The summed E-state index contributed by atoms with van der Waals surface area (Å²) in [6.45, 7) is 19.5. The molecule has 0 radical (unpaired) electrons. The molecule has 4 fully saturated rings. The molecule has 1 unspecified atom stereocenters. The number of aliphatic hydroxyl groups is 1. The molecule has 6 rings (SSSR count). The summed E-state index contributed by atoms with van der Waals surface area (Å²) in [6.07, 6.45) is 15.9. The minimum atomic E-state index is -0.179. The average molecular weight is 620 g/mol. The number of amides is 1. The first kappa shape index (κ1) is 32.4. The number of allylic oxidation sites excluding steroid dienone is 3. The van der Waals surface area contributed by atoms with Gasteiger partial charge in [0.05, 0.1) is 12.1 Å². The van der Waals surface area contributed by atoms with Crippen molar-refractivity contribution in [3.05, 3.63) is 58.1 Å². The van der Waals surface area contributed by atoms with Gasteiger partial charge in [0.2, 0.25) is 5.91 Å². The number of rotatable bonds is 5. The molecule has 1 amide bonds. The van der Waals surface area contributed by atoms with Crippen molar-refractivity contribution in [2.75, 3.05) is 0 Å². The lowest BCUT2D eigenvalue weighted by Gasteiger charge is -2.72. The van der Waals surface area contributed by atoms with Crippen LogP contribution in [0, 0.1) is 50.7 Å². The Morgan fingerprint density at radius 2 is 1.68 bits per heavy atom. The van der Waals surface area contributed by atoms with Crippen LogP contribution in [-0.4, -0.2) is 17.1 Å². The van der Waals surface area contributed by atoms with Gasteiger partial charge in [0, 0.05) is 10.4 Å². The SMILES string of the molecule is CC(C)C1=C2[C@H]3CC[C@@H]4[C@@]5(C)CC[C@H](O)C(C)(C)C5CC[C@@]4(C)[C@]3(C)CC[C@@]2(/C=C/C(=O)N[C@@H](C)c2cccc(Cl)c2)CC1. The molecule has 0 heterocycles. The number of hydrogen-bond donors (Lipinski definition) is 2. The average Bonchev–Trinajstić information content (AvgIpc) is 3.35. The van der Waals surface area contributed by atoms with Crippen LogP contribution in [0.3, 0.4) is 0 Å². The monoisotopic (exact) mass is 619 g/mol. The van der Waals surface area contributed by atoms with Crippen molar-refractivity contribution >= 4 is 17.5 Å². The van der Waals surface area contributed by atoms with E-state index in [0.717, 1.165) is 31.2 Å². The Hall–Kier alpha value is -1.58. The largest absolute Gasteiger partial charge is 0.393 e. The number of nitrogens with one attached hydrogen (secondary N) is 1. The molecule has 1 aromatic rings. The van der Waals surface area contributed by atoms with Crippen molar-refractivity contribution in [3.63, 3.8) is 0 Å². The molecule has 0 aromatic heterocycles. The summed E-state index contributed by atoms with van der Waals surface area (Å²) in [7, 11) is 0. The Kier molecular flexibility index (Phi) is 8.09. The molecule has 1 aromatic carbocycles. The third-order valence-corrected chi connectivity index (χ3v) is 15.2. The van der Waals surface area contributed by atoms with E-state index in [2.05, 4.69) is 59.9 Å². The van der Waals surface area contributed by atoms with Gasteiger partial charge in [0.25, 0.3) is 0 Å². The summed E-state index contributed by atoms with van der Waals surface area (Å²) in [6, 6.07) is 7.67. The van der Waals surface area contributed by atoms with Crippen molar-refractivity contribution < 1.29 is 9.90 Å². The molecule has 3 nitrogen and oxygen atoms in total. The van der Waals surface area contributed by atoms with Crippen molar-refractivity contribution in [3.8, 4) is 0 Å². The van der Waals surface area contributed by atoms with Crippen LogP contribution >= 0.6 is 11.6 Å². The zero-order valence-electron chi connectivity index (χ0n) is 28.7. The van der Waals surface area contributed by atoms with Crippen molar-refractivity contribution in [1.82, 2.24) is 5.32 Å². The fraction of sp³-hybridized carbons (Fsp3) is 0.725. The topological polar surface area (TPSA) is 49.3 Å². The van der Waals surface area contributed by atoms with Gasteiger partial charge in [-0.2, -0.15) is 0 Å². The van der Waals surface area contributed by atoms with Crippen LogP contribution in [0.5, 0.6) is 0 Å². The molecule has 0 spiro atoms. The number of halogens is 1. The molecule has 0 bridgehead atoms. The highest BCUT2D eigenvalue weighted by Gasteiger charge is 2.69. The van der Waals surface area contributed by atoms with Crippen LogP contribution in [0.4, 0.5) is 0 Å². The van der Waals surface area contributed by atoms with Crippen LogP contribution in [0.1, 0.15) is 131 Å². The van der Waals surface area contributed by atoms with Gasteiger partial charge in [0.15, 0.2) is 0 Å². The number of hydrogen-bond acceptors (Lipinski definition) is 2. The van der Waals surface area contributed by atoms with Gasteiger partial charge in [-0.3, -0.25) is 4.79 Å². The highest BCUT2D eigenvalue weighted by Crippen LogP contribution is 2.77. The molecular formula is C40H58ClNO2. The summed E-state index contributed by atoms with van der Waals surface area (Å²) < 4.78 is 0. The second kappa shape index (κ2) is 11.0. The smallest absolute Gasteiger partial charge is 0.244 e. The zero-order valence-corrected chi connectivity index (χ0v) is 29.5. The molecule has 44 heavy (non-hydrogen) atoms. The molecule has 5 aliphatic carbocycles. The number of benzene rings is 1. The second-order valence-electron chi connectivity index (χ2n) is 17.4. The molecule has 0 saturated heterocycles. The third kappa shape index (κ3) is 4.71. The predicted molar refractivity (Wildman–Crippen MR) is 182 cm³/mol. The summed E-state index contributed by atoms with van der Waals surface area (Å²) in [5.41, 5.74) is 5.26. The van der Waals surface area contributed by atoms with E-state index in [9.17, 15) is 9.90 Å². The van der Waals surface area contributed by atoms with Crippen LogP contribution in [0.15, 0.2) is 47.6 Å². The summed E-state index contributed by atoms with van der Waals surface area (Å²) in [4.78, 5) is 13.3. The third-order valence-electron chi connectivity index (χ3n) is 15.0. The Labute approximate surface area is 272 Å². The first-order chi connectivity index (χ1) is 20.6. The van der Waals surface area contributed by atoms with E-state index >= 15 is 0 Å². The highest BCUT2D eigenvalue weighted by molar-refractivity contribution is 6.30. The van der Waals surface area contributed by atoms with Crippen LogP contribution in [0.2, 0.25) is 5.02 Å². The number of carbonyl (C=O) groups is 1. The minimum Gasteiger partial charge on any atom is -0.393 e. The van der Waals surface area contributed by atoms with E-state index in [0.29, 0.717) is 34.1 Å². The Morgan fingerprint density at radius 3 is 2.39 bits per heavy atom. The number of carbonyl (C=O) groups excluding carboxylic acids is 1. The molecule has 2 N–H and O–H groups in total. The van der Waals surface area contributed by atoms with Gasteiger partial charge in [-0.1, -0.05) is 89.4 Å². The lowest BCUT2D eigenvalue weighted by atomic mass is 9.33. The molecule has 5 aliphatic rings. The summed E-state index contributed by atoms with van der Waals surface area (Å²) >= 11 is 6.22. The van der Waals surface area contributed by atoms with E-state index < -0.39 is 0 Å². The van der Waals surface area contributed by atoms with Crippen molar-refractivity contribution in [1.29, 1.82) is 0 Å². The Bertz CT molecular complexity index is 1360. The Morgan fingerprint density at radius 1 is 0.932 bits per heavy atom. The van der Waals surface area contributed by atoms with Crippen molar-refractivity contribution in [2.45, 2.75) is 132 Å². The Balaban J connectivity index is 1.30. The van der Waals surface area contributed by atoms with Crippen LogP contribution < -0.4 is 5.32 Å². The quantitative estimate of drug-likeness (QED) is 0.254. The van der Waals surface area contributed by atoms with Gasteiger partial charge >= 0.3 is 0 Å². The molecule has 4 saturated carbocycles. The molecule has 4 heteroatoms. The van der Waals surface area contributed by atoms with Crippen molar-refractivity contribution in [2.24, 2.45) is 50.7 Å². The fourth-order valence-corrected chi connectivity index (χ4v) is 12.5. The number of fused-ring (bicyclic) bond motifs is 7. The van der Waals surface area contributed by atoms with E-state index in [4.69, 9.17) is 11.6 Å². The predicted octanol–water partition coefficient (Wildman–Crippen LogP) is 10.2. The molecular weight excluding hydrogens is 562 g/mol. The normalized spacial score (nSPS) is 42.0. The highest BCUT2D eigenvalue weighted by atomic mass is 35.5. The van der Waals surface area contributed by atoms with Gasteiger partial charge in [0.1, 0.15) is 0 Å². The van der Waals surface area contributed by atoms with Crippen LogP contribution in [-0.2, 0) is 4.79 Å². The van der Waals surface area contributed by atoms with E-state index in [1.54, 1.807) is 11.1 Å². The molecule has 0 aliphatic heterocycles. The summed E-state index contributed by atoms with van der Waals surface area (Å²) in [5, 5.41) is 15.0. The van der Waals surface area contributed by atoms with Gasteiger partial charge in [-0.05, 0) is 140 Å². The maximum Gasteiger partial charge on any atom is 0.244 e. The maximum absolute atomic E-state index is 13.3. The fourth-order valence-electron chi connectivity index (χ4n) is 12.3. The van der Waals surface area contributed by atoms with E-state index in [1.807, 2.05) is 37.3 Å². The minimum absolute atomic E-state index is 0.00164. The van der Waals surface area contributed by atoms with E-state index in [-0.39, 0.29) is 39.7 Å². The maximum atomic E-state index is 13.3. The molecule has 242 valence electrons. The van der Waals surface area contributed by atoms with E-state index in [1.165, 1.54) is 38.5 Å². The van der Waals surface area contributed by atoms with Gasteiger partial charge < -0.3 is 10.4 Å². The number of aliphatic hydroxyl groups excluding tert-OH is 1. The first-order valence-corrected chi connectivity index (χ1v) is 18.1. The lowest BCUT2D eigenvalue weighted by Crippen LogP contribution is -2.65. The van der Waals surface area contributed by atoms with Crippen LogP contribution in [0.25, 0.3) is 0 Å². The second-order valence-corrected chi connectivity index (χ2v) is 17.8. The zero-order chi connectivity index (χ0) is 31.9. The lowest BCUT2D eigenvalue weighted by molar-refractivity contribution is -0.227. The van der Waals surface area contributed by atoms with Gasteiger partial charge in [-0.15, -0.1) is 0 Å².